The van der Waals surface area contributed by atoms with Crippen molar-refractivity contribution in [3.63, 3.8) is 0 Å². The van der Waals surface area contributed by atoms with Gasteiger partial charge in [-0.1, -0.05) is 6.07 Å². The van der Waals surface area contributed by atoms with E-state index in [1.807, 2.05) is 0 Å². The smallest absolute Gasteiger partial charge is 0.224 e. The number of rotatable bonds is 4. The van der Waals surface area contributed by atoms with Crippen LogP contribution in [0.5, 0.6) is 0 Å². The summed E-state index contributed by atoms with van der Waals surface area (Å²) in [6.07, 6.45) is 0.0250. The molecule has 0 aliphatic carbocycles. The molecular formula is C10H12F2N2O. The van der Waals surface area contributed by atoms with E-state index < -0.39 is 11.6 Å². The molecule has 0 aliphatic rings. The van der Waals surface area contributed by atoms with E-state index in [9.17, 15) is 13.6 Å². The van der Waals surface area contributed by atoms with Crippen LogP contribution in [0.3, 0.4) is 0 Å². The minimum absolute atomic E-state index is 0.0250. The number of hydrogen-bond acceptors (Lipinski definition) is 2. The molecule has 1 aromatic rings. The van der Waals surface area contributed by atoms with Gasteiger partial charge in [0.1, 0.15) is 0 Å². The Morgan fingerprint density at radius 3 is 2.67 bits per heavy atom. The summed E-state index contributed by atoms with van der Waals surface area (Å²) in [5, 5.41) is 2.53. The van der Waals surface area contributed by atoms with Gasteiger partial charge in [-0.3, -0.25) is 4.79 Å². The molecule has 82 valence electrons. The maximum atomic E-state index is 12.8. The SMILES string of the molecule is NCCNC(=O)Cc1ccc(F)c(F)c1. The van der Waals surface area contributed by atoms with E-state index in [4.69, 9.17) is 5.73 Å². The second kappa shape index (κ2) is 5.41. The zero-order valence-corrected chi connectivity index (χ0v) is 8.09. The molecule has 0 bridgehead atoms. The van der Waals surface area contributed by atoms with Crippen molar-refractivity contribution < 1.29 is 13.6 Å². The Morgan fingerprint density at radius 2 is 2.07 bits per heavy atom. The molecule has 0 aliphatic heterocycles. The van der Waals surface area contributed by atoms with Crippen LogP contribution in [0, 0.1) is 11.6 Å². The summed E-state index contributed by atoms with van der Waals surface area (Å²) in [6, 6.07) is 3.39. The molecule has 0 aromatic heterocycles. The lowest BCUT2D eigenvalue weighted by Gasteiger charge is -2.03. The zero-order valence-electron chi connectivity index (χ0n) is 8.09. The van der Waals surface area contributed by atoms with Crippen molar-refractivity contribution in [1.82, 2.24) is 5.32 Å². The lowest BCUT2D eigenvalue weighted by Crippen LogP contribution is -2.30. The lowest BCUT2D eigenvalue weighted by molar-refractivity contribution is -0.120. The second-order valence-corrected chi connectivity index (χ2v) is 3.06. The van der Waals surface area contributed by atoms with Crippen molar-refractivity contribution in [2.45, 2.75) is 6.42 Å². The van der Waals surface area contributed by atoms with E-state index >= 15 is 0 Å². The normalized spacial score (nSPS) is 10.1. The van der Waals surface area contributed by atoms with Gasteiger partial charge in [-0.2, -0.15) is 0 Å². The fraction of sp³-hybridized carbons (Fsp3) is 0.300. The number of carbonyl (C=O) groups is 1. The first kappa shape index (κ1) is 11.6. The van der Waals surface area contributed by atoms with Crippen LogP contribution in [0.15, 0.2) is 18.2 Å². The quantitative estimate of drug-likeness (QED) is 0.770. The number of halogens is 2. The number of carbonyl (C=O) groups excluding carboxylic acids is 1. The van der Waals surface area contributed by atoms with E-state index in [0.717, 1.165) is 12.1 Å². The van der Waals surface area contributed by atoms with E-state index in [0.29, 0.717) is 18.7 Å². The van der Waals surface area contributed by atoms with Gasteiger partial charge in [0.2, 0.25) is 5.91 Å². The molecule has 3 N–H and O–H groups in total. The first-order valence-electron chi connectivity index (χ1n) is 4.54. The Balaban J connectivity index is 2.57. The monoisotopic (exact) mass is 214 g/mol. The van der Waals surface area contributed by atoms with Crippen LogP contribution in [-0.4, -0.2) is 19.0 Å². The highest BCUT2D eigenvalue weighted by Gasteiger charge is 2.06. The van der Waals surface area contributed by atoms with Crippen LogP contribution in [0.4, 0.5) is 8.78 Å². The minimum Gasteiger partial charge on any atom is -0.355 e. The molecule has 0 heterocycles. The van der Waals surface area contributed by atoms with Crippen molar-refractivity contribution in [2.24, 2.45) is 5.73 Å². The predicted octanol–water partition coefficient (Wildman–Crippen LogP) is 0.582. The fourth-order valence-electron chi connectivity index (χ4n) is 1.11. The Labute approximate surface area is 86.3 Å². The zero-order chi connectivity index (χ0) is 11.3. The molecule has 5 heteroatoms. The van der Waals surface area contributed by atoms with Gasteiger partial charge >= 0.3 is 0 Å². The maximum Gasteiger partial charge on any atom is 0.224 e. The highest BCUT2D eigenvalue weighted by atomic mass is 19.2. The number of amides is 1. The first-order valence-corrected chi connectivity index (χ1v) is 4.54. The number of hydrogen-bond donors (Lipinski definition) is 2. The average Bonchev–Trinajstić information content (AvgIpc) is 2.20. The van der Waals surface area contributed by atoms with Crippen LogP contribution in [0.1, 0.15) is 5.56 Å². The summed E-state index contributed by atoms with van der Waals surface area (Å²) >= 11 is 0. The summed E-state index contributed by atoms with van der Waals surface area (Å²) in [5.41, 5.74) is 5.62. The molecule has 0 unspecified atom stereocenters. The molecule has 0 saturated carbocycles. The molecule has 1 aromatic carbocycles. The van der Waals surface area contributed by atoms with Gasteiger partial charge in [0.25, 0.3) is 0 Å². The summed E-state index contributed by atoms with van der Waals surface area (Å²) < 4.78 is 25.3. The van der Waals surface area contributed by atoms with Gasteiger partial charge < -0.3 is 11.1 Å². The third-order valence-corrected chi connectivity index (χ3v) is 1.82. The average molecular weight is 214 g/mol. The van der Waals surface area contributed by atoms with Gasteiger partial charge in [0.15, 0.2) is 11.6 Å². The minimum atomic E-state index is -0.945. The van der Waals surface area contributed by atoms with Crippen LogP contribution < -0.4 is 11.1 Å². The largest absolute Gasteiger partial charge is 0.355 e. The molecule has 15 heavy (non-hydrogen) atoms. The third kappa shape index (κ3) is 3.63. The Kier molecular flexibility index (Phi) is 4.17. The van der Waals surface area contributed by atoms with Crippen LogP contribution in [0.2, 0.25) is 0 Å². The van der Waals surface area contributed by atoms with E-state index in [-0.39, 0.29) is 12.3 Å². The molecule has 0 radical (unpaired) electrons. The Hall–Kier alpha value is -1.49. The van der Waals surface area contributed by atoms with E-state index in [2.05, 4.69) is 5.32 Å². The van der Waals surface area contributed by atoms with E-state index in [1.165, 1.54) is 6.07 Å². The number of nitrogens with one attached hydrogen (secondary N) is 1. The van der Waals surface area contributed by atoms with Crippen molar-refractivity contribution in [2.75, 3.05) is 13.1 Å². The highest BCUT2D eigenvalue weighted by Crippen LogP contribution is 2.08. The molecule has 1 amide bonds. The molecule has 0 fully saturated rings. The van der Waals surface area contributed by atoms with Crippen molar-refractivity contribution in [3.05, 3.63) is 35.4 Å². The Bertz CT molecular complexity index is 355. The van der Waals surface area contributed by atoms with Gasteiger partial charge in [-0.05, 0) is 17.7 Å². The number of nitrogens with two attached hydrogens (primary N) is 1. The van der Waals surface area contributed by atoms with Crippen molar-refractivity contribution in [1.29, 1.82) is 0 Å². The van der Waals surface area contributed by atoms with Gasteiger partial charge in [0, 0.05) is 13.1 Å². The molecule has 1 rings (SSSR count). The van der Waals surface area contributed by atoms with Crippen LogP contribution >= 0.6 is 0 Å². The summed E-state index contributed by atoms with van der Waals surface area (Å²) in [4.78, 5) is 11.2. The maximum absolute atomic E-state index is 12.8. The molecule has 0 atom stereocenters. The third-order valence-electron chi connectivity index (χ3n) is 1.82. The summed E-state index contributed by atoms with van der Waals surface area (Å²) in [5.74, 6) is -2.12. The molecule has 0 spiro atoms. The lowest BCUT2D eigenvalue weighted by atomic mass is 10.1. The molecular weight excluding hydrogens is 202 g/mol. The van der Waals surface area contributed by atoms with Gasteiger partial charge in [-0.15, -0.1) is 0 Å². The predicted molar refractivity (Wildman–Crippen MR) is 52.1 cm³/mol. The molecule has 0 saturated heterocycles. The van der Waals surface area contributed by atoms with Crippen LogP contribution in [-0.2, 0) is 11.2 Å². The summed E-state index contributed by atoms with van der Waals surface area (Å²) in [6.45, 7) is 0.728. The van der Waals surface area contributed by atoms with E-state index in [1.54, 1.807) is 0 Å². The van der Waals surface area contributed by atoms with Gasteiger partial charge in [-0.25, -0.2) is 8.78 Å². The van der Waals surface area contributed by atoms with Gasteiger partial charge in [0.05, 0.1) is 6.42 Å². The molecule has 3 nitrogen and oxygen atoms in total. The summed E-state index contributed by atoms with van der Waals surface area (Å²) in [7, 11) is 0. The van der Waals surface area contributed by atoms with Crippen molar-refractivity contribution >= 4 is 5.91 Å². The second-order valence-electron chi connectivity index (χ2n) is 3.06. The topological polar surface area (TPSA) is 55.1 Å². The number of benzene rings is 1. The highest BCUT2D eigenvalue weighted by molar-refractivity contribution is 5.78. The standard InChI is InChI=1S/C10H12F2N2O/c11-8-2-1-7(5-9(8)12)6-10(15)14-4-3-13/h1-2,5H,3-4,6,13H2,(H,14,15). The van der Waals surface area contributed by atoms with Crippen molar-refractivity contribution in [3.8, 4) is 0 Å². The first-order chi connectivity index (χ1) is 7.13. The van der Waals surface area contributed by atoms with Crippen LogP contribution in [0.25, 0.3) is 0 Å². The Morgan fingerprint density at radius 1 is 1.33 bits per heavy atom. The fourth-order valence-corrected chi connectivity index (χ4v) is 1.11.